The molecule has 0 unspecified atom stereocenters. The van der Waals surface area contributed by atoms with Gasteiger partial charge < -0.3 is 10.5 Å². The minimum absolute atomic E-state index is 0.189. The number of nitrogens with zero attached hydrogens (tertiary/aromatic N) is 1. The van der Waals surface area contributed by atoms with Gasteiger partial charge >= 0.3 is 0 Å². The molecule has 104 valence electrons. The Morgan fingerprint density at radius 1 is 1.05 bits per heavy atom. The number of aromatic nitrogens is 2. The van der Waals surface area contributed by atoms with Crippen molar-refractivity contribution in [3.8, 4) is 22.8 Å². The second-order valence-corrected chi connectivity index (χ2v) is 4.46. The van der Waals surface area contributed by atoms with Crippen LogP contribution in [0.3, 0.4) is 0 Å². The van der Waals surface area contributed by atoms with Gasteiger partial charge in [-0.05, 0) is 24.3 Å². The normalized spacial score (nSPS) is 10.3. The van der Waals surface area contributed by atoms with Crippen LogP contribution in [0.1, 0.15) is 10.4 Å². The number of carbonyl (C=O) groups excluding carboxylic acids is 1. The molecule has 3 aromatic rings. The monoisotopic (exact) mass is 279 g/mol. The van der Waals surface area contributed by atoms with Gasteiger partial charge in [0.05, 0.1) is 11.3 Å². The van der Waals surface area contributed by atoms with E-state index in [4.69, 9.17) is 10.5 Å². The van der Waals surface area contributed by atoms with Crippen molar-refractivity contribution >= 4 is 12.1 Å². The summed E-state index contributed by atoms with van der Waals surface area (Å²) in [5, 5.41) is 6.63. The molecule has 0 bridgehead atoms. The summed E-state index contributed by atoms with van der Waals surface area (Å²) in [4.78, 5) is 11.1. The number of aldehydes is 1. The number of aromatic amines is 1. The number of para-hydroxylation sites is 1. The zero-order valence-corrected chi connectivity index (χ0v) is 11.1. The highest BCUT2D eigenvalue weighted by Crippen LogP contribution is 2.29. The summed E-state index contributed by atoms with van der Waals surface area (Å²) in [5.74, 6) is 1.60. The van der Waals surface area contributed by atoms with Gasteiger partial charge in [-0.25, -0.2) is 0 Å². The lowest BCUT2D eigenvalue weighted by molar-refractivity contribution is 0.112. The lowest BCUT2D eigenvalue weighted by Crippen LogP contribution is -1.91. The minimum Gasteiger partial charge on any atom is -0.457 e. The second-order valence-electron chi connectivity index (χ2n) is 4.46. The summed E-state index contributed by atoms with van der Waals surface area (Å²) in [6.07, 6.45) is 0.693. The predicted octanol–water partition coefficient (Wildman–Crippen LogP) is 3.26. The first-order chi connectivity index (χ1) is 10.3. The molecule has 3 rings (SSSR count). The fraction of sp³-hybridized carbons (Fsp3) is 0. The van der Waals surface area contributed by atoms with Crippen molar-refractivity contribution in [1.29, 1.82) is 0 Å². The van der Waals surface area contributed by atoms with Crippen LogP contribution in [0.4, 0.5) is 5.82 Å². The molecule has 3 N–H and O–H groups in total. The summed E-state index contributed by atoms with van der Waals surface area (Å²) in [6.45, 7) is 0. The van der Waals surface area contributed by atoms with Gasteiger partial charge in [0.2, 0.25) is 0 Å². The Labute approximate surface area is 121 Å². The smallest absolute Gasteiger partial charge is 0.156 e. The number of nitrogens with one attached hydrogen (secondary N) is 1. The standard InChI is InChI=1S/C16H13N3O2/c17-16-14(10-20)15(18-19-16)11-5-4-8-13(9-11)21-12-6-2-1-3-7-12/h1-10H,(H3,17,18,19). The highest BCUT2D eigenvalue weighted by Gasteiger charge is 2.12. The highest BCUT2D eigenvalue weighted by atomic mass is 16.5. The molecule has 0 amide bonds. The van der Waals surface area contributed by atoms with E-state index in [0.29, 0.717) is 23.3 Å². The Kier molecular flexibility index (Phi) is 3.39. The van der Waals surface area contributed by atoms with E-state index in [1.54, 1.807) is 0 Å². The average Bonchev–Trinajstić information content (AvgIpc) is 2.89. The molecule has 5 nitrogen and oxygen atoms in total. The second kappa shape index (κ2) is 5.50. The molecule has 0 fully saturated rings. The molecule has 0 radical (unpaired) electrons. The maximum atomic E-state index is 11.1. The van der Waals surface area contributed by atoms with Gasteiger partial charge in [0, 0.05) is 5.56 Å². The van der Waals surface area contributed by atoms with Crippen LogP contribution in [0, 0.1) is 0 Å². The van der Waals surface area contributed by atoms with Gasteiger partial charge in [-0.2, -0.15) is 5.10 Å². The molecule has 1 aromatic heterocycles. The molecule has 0 aliphatic carbocycles. The first-order valence-electron chi connectivity index (χ1n) is 6.40. The Morgan fingerprint density at radius 3 is 2.57 bits per heavy atom. The number of benzene rings is 2. The van der Waals surface area contributed by atoms with Gasteiger partial charge in [-0.1, -0.05) is 30.3 Å². The number of nitrogen functional groups attached to an aromatic ring is 1. The summed E-state index contributed by atoms with van der Waals surface area (Å²) in [5.41, 5.74) is 7.37. The van der Waals surface area contributed by atoms with Crippen LogP contribution >= 0.6 is 0 Å². The van der Waals surface area contributed by atoms with E-state index in [1.165, 1.54) is 0 Å². The third kappa shape index (κ3) is 2.62. The Balaban J connectivity index is 1.95. The van der Waals surface area contributed by atoms with Crippen molar-refractivity contribution in [2.24, 2.45) is 0 Å². The Morgan fingerprint density at radius 2 is 1.81 bits per heavy atom. The van der Waals surface area contributed by atoms with Gasteiger partial charge in [0.1, 0.15) is 11.5 Å². The van der Waals surface area contributed by atoms with Crippen LogP contribution in [0.2, 0.25) is 0 Å². The lowest BCUT2D eigenvalue weighted by atomic mass is 10.1. The van der Waals surface area contributed by atoms with Crippen LogP contribution in [0.5, 0.6) is 11.5 Å². The van der Waals surface area contributed by atoms with E-state index in [0.717, 1.165) is 11.3 Å². The largest absolute Gasteiger partial charge is 0.457 e. The van der Waals surface area contributed by atoms with E-state index in [-0.39, 0.29) is 5.82 Å². The third-order valence-corrected chi connectivity index (χ3v) is 3.05. The molecule has 5 heteroatoms. The fourth-order valence-corrected chi connectivity index (χ4v) is 2.04. The van der Waals surface area contributed by atoms with E-state index < -0.39 is 0 Å². The summed E-state index contributed by atoms with van der Waals surface area (Å²) < 4.78 is 5.77. The maximum Gasteiger partial charge on any atom is 0.156 e. The molecule has 1 heterocycles. The SMILES string of the molecule is Nc1n[nH]c(-c2cccc(Oc3ccccc3)c2)c1C=O. The van der Waals surface area contributed by atoms with Crippen molar-refractivity contribution in [3.05, 3.63) is 60.2 Å². The number of nitrogens with two attached hydrogens (primary N) is 1. The van der Waals surface area contributed by atoms with E-state index in [1.807, 2.05) is 54.6 Å². The van der Waals surface area contributed by atoms with Crippen molar-refractivity contribution < 1.29 is 9.53 Å². The van der Waals surface area contributed by atoms with E-state index >= 15 is 0 Å². The Hall–Kier alpha value is -3.08. The predicted molar refractivity (Wildman–Crippen MR) is 80.3 cm³/mol. The number of hydrogen-bond acceptors (Lipinski definition) is 4. The van der Waals surface area contributed by atoms with Crippen molar-refractivity contribution in [3.63, 3.8) is 0 Å². The molecule has 21 heavy (non-hydrogen) atoms. The number of carbonyl (C=O) groups is 1. The molecule has 0 spiro atoms. The van der Waals surface area contributed by atoms with Crippen molar-refractivity contribution in [2.45, 2.75) is 0 Å². The summed E-state index contributed by atoms with van der Waals surface area (Å²) in [6, 6.07) is 16.8. The number of rotatable bonds is 4. The molecular formula is C16H13N3O2. The topological polar surface area (TPSA) is 81.0 Å². The number of anilines is 1. The average molecular weight is 279 g/mol. The molecule has 0 atom stereocenters. The van der Waals surface area contributed by atoms with Gasteiger partial charge in [0.25, 0.3) is 0 Å². The van der Waals surface area contributed by atoms with Gasteiger partial charge in [0.15, 0.2) is 12.1 Å². The molecular weight excluding hydrogens is 266 g/mol. The summed E-state index contributed by atoms with van der Waals surface area (Å²) >= 11 is 0. The van der Waals surface area contributed by atoms with Gasteiger partial charge in [-0.3, -0.25) is 9.89 Å². The number of hydrogen-bond donors (Lipinski definition) is 2. The van der Waals surface area contributed by atoms with E-state index in [2.05, 4.69) is 10.2 Å². The third-order valence-electron chi connectivity index (χ3n) is 3.05. The zero-order valence-electron chi connectivity index (χ0n) is 11.1. The van der Waals surface area contributed by atoms with Crippen LogP contribution in [0.15, 0.2) is 54.6 Å². The van der Waals surface area contributed by atoms with Crippen molar-refractivity contribution in [2.75, 3.05) is 5.73 Å². The van der Waals surface area contributed by atoms with Crippen LogP contribution in [0.25, 0.3) is 11.3 Å². The van der Waals surface area contributed by atoms with Crippen LogP contribution in [-0.4, -0.2) is 16.5 Å². The molecule has 0 saturated carbocycles. The van der Waals surface area contributed by atoms with Crippen molar-refractivity contribution in [1.82, 2.24) is 10.2 Å². The summed E-state index contributed by atoms with van der Waals surface area (Å²) in [7, 11) is 0. The first kappa shape index (κ1) is 12.9. The fourth-order valence-electron chi connectivity index (χ4n) is 2.04. The van der Waals surface area contributed by atoms with E-state index in [9.17, 15) is 4.79 Å². The molecule has 2 aromatic carbocycles. The first-order valence-corrected chi connectivity index (χ1v) is 6.40. The minimum atomic E-state index is 0.189. The van der Waals surface area contributed by atoms with Crippen LogP contribution in [-0.2, 0) is 0 Å². The number of ether oxygens (including phenoxy) is 1. The molecule has 0 saturated heterocycles. The quantitative estimate of drug-likeness (QED) is 0.718. The lowest BCUT2D eigenvalue weighted by Gasteiger charge is -2.07. The maximum absolute atomic E-state index is 11.1. The zero-order chi connectivity index (χ0) is 14.7. The van der Waals surface area contributed by atoms with Gasteiger partial charge in [-0.15, -0.1) is 0 Å². The van der Waals surface area contributed by atoms with Crippen LogP contribution < -0.4 is 10.5 Å². The molecule has 0 aliphatic heterocycles. The molecule has 0 aliphatic rings. The Bertz CT molecular complexity index is 766. The highest BCUT2D eigenvalue weighted by molar-refractivity contribution is 5.91. The number of H-pyrrole nitrogens is 1.